The first-order chi connectivity index (χ1) is 16.8. The smallest absolute Gasteiger partial charge is 0.238 e. The average molecular weight is 475 g/mol. The van der Waals surface area contributed by atoms with E-state index >= 15 is 0 Å². The van der Waals surface area contributed by atoms with Crippen LogP contribution in [0.4, 0.5) is 0 Å². The van der Waals surface area contributed by atoms with Gasteiger partial charge in [0.05, 0.1) is 11.0 Å². The second-order valence-electron chi connectivity index (χ2n) is 10.3. The number of nitrogens with two attached hydrogens (primary N) is 1. The standard InChI is InChI=1S/C28H34N4O3/c1-18(2)32-22-13-8-7-12-21(22)30-24(32)15-5-4-10-16-31-27(34)25(26(29)33)20-17-28(31,3)35-23-14-9-6-11-19(20)23/h6-9,11-14,18,20,25H,4-5,10,15-17H2,1-3H3,(H2,29,33). The molecule has 1 fully saturated rings. The van der Waals surface area contributed by atoms with Crippen molar-refractivity contribution >= 4 is 22.8 Å². The van der Waals surface area contributed by atoms with Crippen LogP contribution in [0.25, 0.3) is 11.0 Å². The topological polar surface area (TPSA) is 90.5 Å². The average Bonchev–Trinajstić information content (AvgIpc) is 3.19. The van der Waals surface area contributed by atoms with Gasteiger partial charge in [-0.1, -0.05) is 36.8 Å². The molecule has 2 N–H and O–H groups in total. The summed E-state index contributed by atoms with van der Waals surface area (Å²) in [6.07, 6.45) is 4.20. The zero-order valence-electron chi connectivity index (χ0n) is 20.7. The number of benzene rings is 2. The van der Waals surface area contributed by atoms with Crippen LogP contribution in [0.15, 0.2) is 48.5 Å². The highest BCUT2D eigenvalue weighted by Gasteiger charge is 2.55. The summed E-state index contributed by atoms with van der Waals surface area (Å²) >= 11 is 0. The van der Waals surface area contributed by atoms with E-state index in [1.165, 1.54) is 5.52 Å². The monoisotopic (exact) mass is 474 g/mol. The molecule has 2 aliphatic rings. The van der Waals surface area contributed by atoms with E-state index < -0.39 is 17.6 Å². The van der Waals surface area contributed by atoms with Crippen LogP contribution in [0.3, 0.4) is 0 Å². The van der Waals surface area contributed by atoms with Crippen molar-refractivity contribution in [3.8, 4) is 5.75 Å². The highest BCUT2D eigenvalue weighted by atomic mass is 16.5. The number of primary amides is 1. The minimum absolute atomic E-state index is 0.215. The quantitative estimate of drug-likeness (QED) is 0.383. The third-order valence-electron chi connectivity index (χ3n) is 7.53. The summed E-state index contributed by atoms with van der Waals surface area (Å²) in [5.74, 6) is -0.0216. The molecule has 1 aromatic heterocycles. The van der Waals surface area contributed by atoms with Crippen molar-refractivity contribution < 1.29 is 14.3 Å². The number of likely N-dealkylation sites (tertiary alicyclic amines) is 1. The molecule has 2 amide bonds. The van der Waals surface area contributed by atoms with Gasteiger partial charge in [0.25, 0.3) is 0 Å². The van der Waals surface area contributed by atoms with Crippen LogP contribution in [0, 0.1) is 5.92 Å². The second-order valence-corrected chi connectivity index (χ2v) is 10.3. The van der Waals surface area contributed by atoms with Crippen molar-refractivity contribution in [2.75, 3.05) is 6.54 Å². The fourth-order valence-corrected chi connectivity index (χ4v) is 5.96. The van der Waals surface area contributed by atoms with Crippen LogP contribution < -0.4 is 10.5 Å². The molecule has 3 heterocycles. The van der Waals surface area contributed by atoms with Crippen molar-refractivity contribution in [3.05, 3.63) is 59.9 Å². The predicted octanol–water partition coefficient (Wildman–Crippen LogP) is 4.56. The molecule has 0 spiro atoms. The van der Waals surface area contributed by atoms with Crippen molar-refractivity contribution in [2.45, 2.75) is 70.6 Å². The first kappa shape index (κ1) is 23.4. The van der Waals surface area contributed by atoms with E-state index in [2.05, 4.69) is 36.6 Å². The molecule has 35 heavy (non-hydrogen) atoms. The number of hydrogen-bond acceptors (Lipinski definition) is 4. The molecule has 0 radical (unpaired) electrons. The lowest BCUT2D eigenvalue weighted by Gasteiger charge is -2.52. The summed E-state index contributed by atoms with van der Waals surface area (Å²) in [6.45, 7) is 6.86. The Kier molecular flexibility index (Phi) is 6.03. The summed E-state index contributed by atoms with van der Waals surface area (Å²) in [5, 5.41) is 0. The molecule has 2 bridgehead atoms. The number of para-hydroxylation sites is 3. The highest BCUT2D eigenvalue weighted by molar-refractivity contribution is 6.01. The van der Waals surface area contributed by atoms with Gasteiger partial charge in [0, 0.05) is 31.3 Å². The van der Waals surface area contributed by atoms with Crippen molar-refractivity contribution in [1.29, 1.82) is 0 Å². The molecule has 5 rings (SSSR count). The van der Waals surface area contributed by atoms with Crippen LogP contribution in [0.1, 0.15) is 69.8 Å². The largest absolute Gasteiger partial charge is 0.468 e. The number of rotatable bonds is 8. The van der Waals surface area contributed by atoms with Crippen molar-refractivity contribution in [2.24, 2.45) is 11.7 Å². The normalized spacial score (nSPS) is 23.4. The van der Waals surface area contributed by atoms with Crippen LogP contribution >= 0.6 is 0 Å². The van der Waals surface area contributed by atoms with Crippen molar-refractivity contribution in [3.63, 3.8) is 0 Å². The van der Waals surface area contributed by atoms with Crippen molar-refractivity contribution in [1.82, 2.24) is 14.5 Å². The first-order valence-electron chi connectivity index (χ1n) is 12.6. The fraction of sp³-hybridized carbons (Fsp3) is 0.464. The maximum absolute atomic E-state index is 13.4. The summed E-state index contributed by atoms with van der Waals surface area (Å²) in [7, 11) is 0. The Morgan fingerprint density at radius 2 is 1.89 bits per heavy atom. The Hall–Kier alpha value is -3.35. The Morgan fingerprint density at radius 1 is 1.14 bits per heavy atom. The Morgan fingerprint density at radius 3 is 2.66 bits per heavy atom. The van der Waals surface area contributed by atoms with Crippen LogP contribution in [0.5, 0.6) is 5.75 Å². The number of unbranched alkanes of at least 4 members (excludes halogenated alkanes) is 2. The first-order valence-corrected chi connectivity index (χ1v) is 12.6. The van der Waals surface area contributed by atoms with E-state index in [0.717, 1.165) is 48.3 Å². The molecular formula is C28H34N4O3. The van der Waals surface area contributed by atoms with E-state index in [-0.39, 0.29) is 11.8 Å². The van der Waals surface area contributed by atoms with E-state index in [0.29, 0.717) is 19.0 Å². The van der Waals surface area contributed by atoms with Crippen LogP contribution in [-0.2, 0) is 16.0 Å². The third kappa shape index (κ3) is 4.07. The van der Waals surface area contributed by atoms with Gasteiger partial charge in [-0.2, -0.15) is 0 Å². The van der Waals surface area contributed by atoms with E-state index in [4.69, 9.17) is 15.5 Å². The molecule has 3 aromatic rings. The molecular weight excluding hydrogens is 440 g/mol. The maximum Gasteiger partial charge on any atom is 0.238 e. The third-order valence-corrected chi connectivity index (χ3v) is 7.53. The van der Waals surface area contributed by atoms with Gasteiger partial charge < -0.3 is 19.9 Å². The predicted molar refractivity (Wildman–Crippen MR) is 135 cm³/mol. The number of imidazole rings is 1. The Bertz CT molecular complexity index is 1270. The minimum Gasteiger partial charge on any atom is -0.468 e. The molecule has 1 saturated heterocycles. The lowest BCUT2D eigenvalue weighted by Crippen LogP contribution is -2.64. The van der Waals surface area contributed by atoms with Gasteiger partial charge in [-0.05, 0) is 57.4 Å². The van der Waals surface area contributed by atoms with Gasteiger partial charge in [-0.15, -0.1) is 0 Å². The lowest BCUT2D eigenvalue weighted by atomic mass is 9.73. The zero-order valence-corrected chi connectivity index (χ0v) is 20.7. The van der Waals surface area contributed by atoms with Gasteiger partial charge in [-0.3, -0.25) is 9.59 Å². The summed E-state index contributed by atoms with van der Waals surface area (Å²) in [6, 6.07) is 16.3. The number of fused-ring (bicyclic) bond motifs is 5. The number of nitrogens with zero attached hydrogens (tertiary/aromatic N) is 3. The molecule has 7 nitrogen and oxygen atoms in total. The van der Waals surface area contributed by atoms with Gasteiger partial charge >= 0.3 is 0 Å². The summed E-state index contributed by atoms with van der Waals surface area (Å²) in [4.78, 5) is 32.4. The number of carbonyl (C=O) groups excluding carboxylic acids is 2. The molecule has 3 unspecified atom stereocenters. The number of piperidine rings is 1. The summed E-state index contributed by atoms with van der Waals surface area (Å²) in [5.41, 5.74) is 8.06. The van der Waals surface area contributed by atoms with E-state index in [9.17, 15) is 9.59 Å². The number of aromatic nitrogens is 2. The number of ether oxygens (including phenoxy) is 1. The number of aryl methyl sites for hydroxylation is 1. The SMILES string of the molecule is CC(C)n1c(CCCCCN2C(=O)C(C(N)=O)C3CC2(C)Oc2ccccc23)nc2ccccc21. The molecule has 7 heteroatoms. The lowest BCUT2D eigenvalue weighted by molar-refractivity contribution is -0.175. The Balaban J connectivity index is 1.27. The number of hydrogen-bond donors (Lipinski definition) is 1. The fourth-order valence-electron chi connectivity index (χ4n) is 5.96. The maximum atomic E-state index is 13.4. The molecule has 2 aromatic carbocycles. The molecule has 0 aliphatic carbocycles. The van der Waals surface area contributed by atoms with E-state index in [1.807, 2.05) is 37.3 Å². The van der Waals surface area contributed by atoms with Crippen LogP contribution in [-0.4, -0.2) is 38.5 Å². The molecule has 184 valence electrons. The zero-order chi connectivity index (χ0) is 24.7. The summed E-state index contributed by atoms with van der Waals surface area (Å²) < 4.78 is 8.66. The van der Waals surface area contributed by atoms with E-state index in [1.54, 1.807) is 4.90 Å². The minimum atomic E-state index is -0.848. The van der Waals surface area contributed by atoms with Gasteiger partial charge in [-0.25, -0.2) is 4.98 Å². The van der Waals surface area contributed by atoms with Gasteiger partial charge in [0.1, 0.15) is 17.5 Å². The molecule has 2 aliphatic heterocycles. The number of amides is 2. The Labute approximate surface area is 206 Å². The van der Waals surface area contributed by atoms with Gasteiger partial charge in [0.15, 0.2) is 5.72 Å². The highest BCUT2D eigenvalue weighted by Crippen LogP contribution is 2.50. The molecule has 0 saturated carbocycles. The van der Waals surface area contributed by atoms with Crippen LogP contribution in [0.2, 0.25) is 0 Å². The van der Waals surface area contributed by atoms with Gasteiger partial charge in [0.2, 0.25) is 11.8 Å². The second kappa shape index (κ2) is 9.02. The molecule has 3 atom stereocenters. The number of carbonyl (C=O) groups is 2.